The van der Waals surface area contributed by atoms with Gasteiger partial charge in [-0.25, -0.2) is 0 Å². The Balaban J connectivity index is 1.70. The van der Waals surface area contributed by atoms with Crippen LogP contribution in [-0.2, 0) is 17.9 Å². The molecule has 0 bridgehead atoms. The van der Waals surface area contributed by atoms with Gasteiger partial charge >= 0.3 is 0 Å². The van der Waals surface area contributed by atoms with E-state index in [0.717, 1.165) is 11.1 Å². The number of hydrogen-bond acceptors (Lipinski definition) is 4. The monoisotopic (exact) mass is 335 g/mol. The molecule has 3 rings (SSSR count). The Morgan fingerprint density at radius 1 is 1.04 bits per heavy atom. The summed E-state index contributed by atoms with van der Waals surface area (Å²) in [6.45, 7) is 4.65. The second kappa shape index (κ2) is 7.70. The molecule has 0 aliphatic carbocycles. The molecule has 0 spiro atoms. The lowest BCUT2D eigenvalue weighted by molar-refractivity contribution is -0.134. The number of carbonyl (C=O) groups excluding carboxylic acids is 1. The van der Waals surface area contributed by atoms with Gasteiger partial charge in [0.1, 0.15) is 6.54 Å². The highest BCUT2D eigenvalue weighted by Crippen LogP contribution is 2.13. The smallest absolute Gasteiger partial charge is 0.246 e. The van der Waals surface area contributed by atoms with E-state index in [1.807, 2.05) is 79.4 Å². The third-order valence-corrected chi connectivity index (χ3v) is 3.90. The number of hydrogen-bond donors (Lipinski definition) is 0. The fraction of sp³-hybridized carbons (Fsp3) is 0.263. The minimum atomic E-state index is -0.0316. The molecule has 6 nitrogen and oxygen atoms in total. The summed E-state index contributed by atoms with van der Waals surface area (Å²) < 4.78 is 0. The molecule has 3 aromatic rings. The van der Waals surface area contributed by atoms with Crippen LogP contribution in [0.4, 0.5) is 0 Å². The van der Waals surface area contributed by atoms with Gasteiger partial charge in [-0.1, -0.05) is 60.7 Å². The van der Waals surface area contributed by atoms with Crippen molar-refractivity contribution in [2.75, 3.05) is 0 Å². The van der Waals surface area contributed by atoms with Crippen molar-refractivity contribution in [3.05, 3.63) is 66.2 Å². The number of nitrogens with zero attached hydrogens (tertiary/aromatic N) is 5. The maximum absolute atomic E-state index is 12.7. The fourth-order valence-electron chi connectivity index (χ4n) is 2.56. The molecule has 6 heteroatoms. The molecule has 0 aliphatic heterocycles. The Hall–Kier alpha value is -3.02. The molecule has 1 aromatic heterocycles. The van der Waals surface area contributed by atoms with Gasteiger partial charge in [-0.3, -0.25) is 4.79 Å². The van der Waals surface area contributed by atoms with E-state index in [9.17, 15) is 4.79 Å². The summed E-state index contributed by atoms with van der Waals surface area (Å²) in [5.74, 6) is 0.489. The van der Waals surface area contributed by atoms with E-state index in [1.54, 1.807) is 0 Å². The number of benzene rings is 2. The molecular weight excluding hydrogens is 314 g/mol. The summed E-state index contributed by atoms with van der Waals surface area (Å²) in [5.41, 5.74) is 1.98. The van der Waals surface area contributed by atoms with Crippen LogP contribution in [0.3, 0.4) is 0 Å². The summed E-state index contributed by atoms with van der Waals surface area (Å²) >= 11 is 0. The first-order valence-electron chi connectivity index (χ1n) is 8.30. The van der Waals surface area contributed by atoms with Crippen LogP contribution in [-0.4, -0.2) is 37.1 Å². The zero-order valence-corrected chi connectivity index (χ0v) is 14.4. The van der Waals surface area contributed by atoms with E-state index in [2.05, 4.69) is 15.4 Å². The van der Waals surface area contributed by atoms with Crippen molar-refractivity contribution in [1.29, 1.82) is 0 Å². The third kappa shape index (κ3) is 4.29. The molecule has 0 atom stereocenters. The normalized spacial score (nSPS) is 10.8. The number of aromatic nitrogens is 4. The van der Waals surface area contributed by atoms with Crippen LogP contribution in [0.2, 0.25) is 0 Å². The van der Waals surface area contributed by atoms with E-state index in [-0.39, 0.29) is 18.5 Å². The highest BCUT2D eigenvalue weighted by Gasteiger charge is 2.19. The van der Waals surface area contributed by atoms with Gasteiger partial charge in [0.15, 0.2) is 0 Å². The maximum Gasteiger partial charge on any atom is 0.246 e. The van der Waals surface area contributed by atoms with Crippen LogP contribution in [0.5, 0.6) is 0 Å². The van der Waals surface area contributed by atoms with Crippen molar-refractivity contribution in [2.24, 2.45) is 0 Å². The molecule has 1 amide bonds. The number of amides is 1. The molecule has 25 heavy (non-hydrogen) atoms. The summed E-state index contributed by atoms with van der Waals surface area (Å²) in [4.78, 5) is 15.9. The van der Waals surface area contributed by atoms with Gasteiger partial charge < -0.3 is 4.90 Å². The quantitative estimate of drug-likeness (QED) is 0.695. The van der Waals surface area contributed by atoms with Gasteiger partial charge in [-0.05, 0) is 24.6 Å². The molecule has 0 fully saturated rings. The van der Waals surface area contributed by atoms with Gasteiger partial charge in [0.25, 0.3) is 0 Å². The van der Waals surface area contributed by atoms with Crippen molar-refractivity contribution in [2.45, 2.75) is 33.0 Å². The predicted octanol–water partition coefficient (Wildman–Crippen LogP) is 2.78. The summed E-state index contributed by atoms with van der Waals surface area (Å²) in [7, 11) is 0. The van der Waals surface area contributed by atoms with Gasteiger partial charge in [0, 0.05) is 18.2 Å². The van der Waals surface area contributed by atoms with E-state index in [4.69, 9.17) is 0 Å². The number of rotatable bonds is 6. The minimum absolute atomic E-state index is 0.0316. The molecule has 1 heterocycles. The van der Waals surface area contributed by atoms with Gasteiger partial charge in [-0.2, -0.15) is 4.80 Å². The van der Waals surface area contributed by atoms with Gasteiger partial charge in [-0.15, -0.1) is 10.2 Å². The van der Waals surface area contributed by atoms with Crippen LogP contribution in [0.1, 0.15) is 19.4 Å². The molecule has 0 radical (unpaired) electrons. The maximum atomic E-state index is 12.7. The van der Waals surface area contributed by atoms with E-state index in [0.29, 0.717) is 12.4 Å². The largest absolute Gasteiger partial charge is 0.334 e. The topological polar surface area (TPSA) is 63.9 Å². The zero-order valence-electron chi connectivity index (χ0n) is 14.4. The first-order valence-corrected chi connectivity index (χ1v) is 8.30. The van der Waals surface area contributed by atoms with Gasteiger partial charge in [0.2, 0.25) is 11.7 Å². The van der Waals surface area contributed by atoms with Crippen LogP contribution in [0.15, 0.2) is 60.7 Å². The predicted molar refractivity (Wildman–Crippen MR) is 95.4 cm³/mol. The van der Waals surface area contributed by atoms with Crippen molar-refractivity contribution in [1.82, 2.24) is 25.1 Å². The Bertz CT molecular complexity index is 814. The highest BCUT2D eigenvalue weighted by molar-refractivity contribution is 5.76. The summed E-state index contributed by atoms with van der Waals surface area (Å²) in [6.07, 6.45) is 0. The SMILES string of the molecule is CC(C)N(Cc1ccccc1)C(=O)Cn1nnc(-c2ccccc2)n1. The molecular formula is C19H21N5O. The average Bonchev–Trinajstić information content (AvgIpc) is 3.09. The Kier molecular flexibility index (Phi) is 5.18. The van der Waals surface area contributed by atoms with Crippen molar-refractivity contribution >= 4 is 5.91 Å². The lowest BCUT2D eigenvalue weighted by atomic mass is 10.2. The lowest BCUT2D eigenvalue weighted by Crippen LogP contribution is -2.39. The second-order valence-corrected chi connectivity index (χ2v) is 6.11. The first-order chi connectivity index (χ1) is 12.1. The van der Waals surface area contributed by atoms with E-state index in [1.165, 1.54) is 4.80 Å². The fourth-order valence-corrected chi connectivity index (χ4v) is 2.56. The Morgan fingerprint density at radius 3 is 2.32 bits per heavy atom. The van der Waals surface area contributed by atoms with E-state index < -0.39 is 0 Å². The lowest BCUT2D eigenvalue weighted by Gasteiger charge is -2.26. The number of tetrazole rings is 1. The molecule has 2 aromatic carbocycles. The standard InChI is InChI=1S/C19H21N5O/c1-15(2)23(13-16-9-5-3-6-10-16)18(25)14-24-21-19(20-22-24)17-11-7-4-8-12-17/h3-12,15H,13-14H2,1-2H3. The van der Waals surface area contributed by atoms with Crippen LogP contribution >= 0.6 is 0 Å². The molecule has 0 unspecified atom stereocenters. The van der Waals surface area contributed by atoms with Gasteiger partial charge in [0.05, 0.1) is 0 Å². The van der Waals surface area contributed by atoms with Crippen LogP contribution in [0.25, 0.3) is 11.4 Å². The molecule has 0 saturated heterocycles. The van der Waals surface area contributed by atoms with E-state index >= 15 is 0 Å². The minimum Gasteiger partial charge on any atom is -0.334 e. The van der Waals surface area contributed by atoms with Crippen molar-refractivity contribution < 1.29 is 4.79 Å². The Morgan fingerprint density at radius 2 is 1.68 bits per heavy atom. The summed E-state index contributed by atoms with van der Waals surface area (Å²) in [6, 6.07) is 19.6. The third-order valence-electron chi connectivity index (χ3n) is 3.90. The first kappa shape index (κ1) is 16.8. The van der Waals surface area contributed by atoms with Crippen LogP contribution < -0.4 is 0 Å². The number of carbonyl (C=O) groups is 1. The van der Waals surface area contributed by atoms with Crippen molar-refractivity contribution in [3.63, 3.8) is 0 Å². The molecule has 128 valence electrons. The zero-order chi connectivity index (χ0) is 17.6. The molecule has 0 saturated carbocycles. The average molecular weight is 335 g/mol. The van der Waals surface area contributed by atoms with Crippen LogP contribution in [0, 0.1) is 0 Å². The summed E-state index contributed by atoms with van der Waals surface area (Å²) in [5, 5.41) is 12.4. The second-order valence-electron chi connectivity index (χ2n) is 6.11. The molecule has 0 aliphatic rings. The van der Waals surface area contributed by atoms with Crippen molar-refractivity contribution in [3.8, 4) is 11.4 Å². The molecule has 0 N–H and O–H groups in total. The highest BCUT2D eigenvalue weighted by atomic mass is 16.2. The Labute approximate surface area is 147 Å².